The summed E-state index contributed by atoms with van der Waals surface area (Å²) >= 11 is 6.12. The van der Waals surface area contributed by atoms with E-state index in [4.69, 9.17) is 16.7 Å². The number of aliphatic hydroxyl groups excluding tert-OH is 1. The number of aromatic nitrogens is 2. The Morgan fingerprint density at radius 2 is 1.86 bits per heavy atom. The molecule has 0 saturated carbocycles. The van der Waals surface area contributed by atoms with Crippen molar-refractivity contribution in [3.05, 3.63) is 65.1 Å². The highest BCUT2D eigenvalue weighted by molar-refractivity contribution is 6.34. The Morgan fingerprint density at radius 3 is 2.53 bits per heavy atom. The fraction of sp³-hybridized carbons (Fsp3) is 0.419. The Labute approximate surface area is 256 Å². The number of amides is 2. The number of rotatable bonds is 13. The third kappa shape index (κ3) is 8.77. The van der Waals surface area contributed by atoms with Gasteiger partial charge in [0, 0.05) is 56.7 Å². The number of nitrogens with one attached hydrogen (secondary N) is 3. The summed E-state index contributed by atoms with van der Waals surface area (Å²) < 4.78 is 14.3. The molecule has 4 N–H and O–H groups in total. The molecule has 2 aromatic carbocycles. The molecule has 3 aromatic rings. The quantitative estimate of drug-likeness (QED) is 0.199. The van der Waals surface area contributed by atoms with E-state index >= 15 is 0 Å². The monoisotopic (exact) mass is 611 g/mol. The van der Waals surface area contributed by atoms with Gasteiger partial charge in [-0.15, -0.1) is 0 Å². The van der Waals surface area contributed by atoms with E-state index in [0.717, 1.165) is 30.6 Å². The molecular weight excluding hydrogens is 573 g/mol. The van der Waals surface area contributed by atoms with E-state index in [2.05, 4.69) is 44.7 Å². The van der Waals surface area contributed by atoms with Crippen LogP contribution in [0, 0.1) is 11.7 Å². The normalized spacial score (nSPS) is 13.9. The van der Waals surface area contributed by atoms with E-state index in [1.54, 1.807) is 4.90 Å². The SMILES string of the molecule is CCCCC(C)CNc1nc(Nc2ccc(N3CCN(C(=O)CCO)CC3)cc2)ncc1C(=O)Nc1c(F)cccc1Cl. The van der Waals surface area contributed by atoms with Crippen molar-refractivity contribution in [2.24, 2.45) is 5.92 Å². The predicted octanol–water partition coefficient (Wildman–Crippen LogP) is 5.53. The van der Waals surface area contributed by atoms with Crippen LogP contribution in [0.4, 0.5) is 33.2 Å². The van der Waals surface area contributed by atoms with Gasteiger partial charge >= 0.3 is 0 Å². The standard InChI is InChI=1S/C31H39ClFN7O3/c1-3-4-6-21(2)19-34-29-24(30(43)37-28-25(32)7-5-8-26(28)33)20-35-31(38-29)36-22-9-11-23(12-10-22)39-14-16-40(17-15-39)27(42)13-18-41/h5,7-12,20-21,41H,3-4,6,13-19H2,1-2H3,(H,37,43)(H2,34,35,36,38). The van der Waals surface area contributed by atoms with Crippen LogP contribution in [-0.4, -0.2) is 71.1 Å². The van der Waals surface area contributed by atoms with Gasteiger partial charge in [0.15, 0.2) is 0 Å². The molecule has 0 aliphatic carbocycles. The second-order valence-corrected chi connectivity index (χ2v) is 11.1. The van der Waals surface area contributed by atoms with Gasteiger partial charge in [-0.25, -0.2) is 9.37 Å². The van der Waals surface area contributed by atoms with Gasteiger partial charge in [-0.3, -0.25) is 9.59 Å². The Kier molecular flexibility index (Phi) is 11.5. The summed E-state index contributed by atoms with van der Waals surface area (Å²) in [5.41, 5.74) is 1.86. The van der Waals surface area contributed by atoms with Crippen molar-refractivity contribution in [1.29, 1.82) is 0 Å². The van der Waals surface area contributed by atoms with Gasteiger partial charge in [0.1, 0.15) is 17.2 Å². The molecule has 43 heavy (non-hydrogen) atoms. The molecule has 1 fully saturated rings. The molecule has 1 aromatic heterocycles. The lowest BCUT2D eigenvalue weighted by Gasteiger charge is -2.36. The zero-order valence-corrected chi connectivity index (χ0v) is 25.3. The molecule has 4 rings (SSSR count). The molecule has 1 saturated heterocycles. The van der Waals surface area contributed by atoms with Crippen molar-refractivity contribution < 1.29 is 19.1 Å². The highest BCUT2D eigenvalue weighted by atomic mass is 35.5. The van der Waals surface area contributed by atoms with Gasteiger partial charge in [0.05, 0.1) is 17.3 Å². The number of halogens is 2. The lowest BCUT2D eigenvalue weighted by Crippen LogP contribution is -2.48. The summed E-state index contributed by atoms with van der Waals surface area (Å²) in [5.74, 6) is -0.256. The zero-order valence-electron chi connectivity index (χ0n) is 24.6. The topological polar surface area (TPSA) is 123 Å². The van der Waals surface area contributed by atoms with E-state index in [1.165, 1.54) is 24.4 Å². The van der Waals surface area contributed by atoms with E-state index < -0.39 is 11.7 Å². The van der Waals surface area contributed by atoms with Crippen LogP contribution >= 0.6 is 11.6 Å². The van der Waals surface area contributed by atoms with E-state index in [-0.39, 0.29) is 35.2 Å². The third-order valence-corrected chi connectivity index (χ3v) is 7.66. The number of nitrogens with zero attached hydrogens (tertiary/aromatic N) is 4. The molecule has 1 aliphatic rings. The van der Waals surface area contributed by atoms with Crippen LogP contribution in [0.5, 0.6) is 0 Å². The van der Waals surface area contributed by atoms with Crippen LogP contribution in [0.15, 0.2) is 48.7 Å². The minimum atomic E-state index is -0.636. The third-order valence-electron chi connectivity index (χ3n) is 7.35. The summed E-state index contributed by atoms with van der Waals surface area (Å²) in [7, 11) is 0. The van der Waals surface area contributed by atoms with Crippen LogP contribution in [0.25, 0.3) is 0 Å². The number of piperazine rings is 1. The van der Waals surface area contributed by atoms with Gasteiger partial charge in [0.25, 0.3) is 5.91 Å². The van der Waals surface area contributed by atoms with Crippen molar-refractivity contribution in [2.45, 2.75) is 39.5 Å². The maximum Gasteiger partial charge on any atom is 0.261 e. The van der Waals surface area contributed by atoms with Crippen LogP contribution in [0.1, 0.15) is 49.9 Å². The molecule has 10 nitrogen and oxygen atoms in total. The Hall–Kier alpha value is -3.96. The van der Waals surface area contributed by atoms with Crippen LogP contribution in [0.2, 0.25) is 5.02 Å². The lowest BCUT2D eigenvalue weighted by atomic mass is 10.0. The number of benzene rings is 2. The molecular formula is C31H39ClFN7O3. The molecule has 1 atom stereocenters. The number of hydrogen-bond acceptors (Lipinski definition) is 8. The number of para-hydroxylation sites is 1. The van der Waals surface area contributed by atoms with Gasteiger partial charge in [-0.05, 0) is 48.7 Å². The first-order valence-corrected chi connectivity index (χ1v) is 15.0. The van der Waals surface area contributed by atoms with Crippen LogP contribution in [-0.2, 0) is 4.79 Å². The molecule has 1 unspecified atom stereocenters. The lowest BCUT2D eigenvalue weighted by molar-refractivity contribution is -0.132. The molecule has 12 heteroatoms. The predicted molar refractivity (Wildman–Crippen MR) is 169 cm³/mol. The molecule has 2 heterocycles. The molecule has 1 aliphatic heterocycles. The summed E-state index contributed by atoms with van der Waals surface area (Å²) in [6, 6.07) is 12.0. The Morgan fingerprint density at radius 1 is 1.12 bits per heavy atom. The van der Waals surface area contributed by atoms with Gasteiger partial charge in [-0.1, -0.05) is 44.4 Å². The summed E-state index contributed by atoms with van der Waals surface area (Å²) in [6.07, 6.45) is 4.80. The summed E-state index contributed by atoms with van der Waals surface area (Å²) in [6.45, 7) is 7.40. The zero-order chi connectivity index (χ0) is 30.8. The average molecular weight is 612 g/mol. The molecule has 0 radical (unpaired) electrons. The minimum Gasteiger partial charge on any atom is -0.396 e. The molecule has 230 valence electrons. The molecule has 0 bridgehead atoms. The van der Waals surface area contributed by atoms with Crippen LogP contribution < -0.4 is 20.9 Å². The largest absolute Gasteiger partial charge is 0.396 e. The number of carbonyl (C=O) groups excluding carboxylic acids is 2. The fourth-order valence-electron chi connectivity index (χ4n) is 4.82. The van der Waals surface area contributed by atoms with Crippen molar-refractivity contribution in [3.63, 3.8) is 0 Å². The second-order valence-electron chi connectivity index (χ2n) is 10.6. The highest BCUT2D eigenvalue weighted by Crippen LogP contribution is 2.27. The van der Waals surface area contributed by atoms with Gasteiger partial charge < -0.3 is 30.9 Å². The smallest absolute Gasteiger partial charge is 0.261 e. The summed E-state index contributed by atoms with van der Waals surface area (Å²) in [4.78, 5) is 38.2. The molecule has 2 amide bonds. The second kappa shape index (κ2) is 15.5. The van der Waals surface area contributed by atoms with Crippen molar-refractivity contribution in [1.82, 2.24) is 14.9 Å². The number of hydrogen-bond donors (Lipinski definition) is 4. The van der Waals surface area contributed by atoms with Gasteiger partial charge in [0.2, 0.25) is 11.9 Å². The van der Waals surface area contributed by atoms with E-state index in [1.807, 2.05) is 24.3 Å². The first kappa shape index (κ1) is 32.0. The molecule has 0 spiro atoms. The Bertz CT molecular complexity index is 1360. The van der Waals surface area contributed by atoms with Gasteiger partial charge in [-0.2, -0.15) is 4.98 Å². The van der Waals surface area contributed by atoms with Crippen LogP contribution in [0.3, 0.4) is 0 Å². The fourth-order valence-corrected chi connectivity index (χ4v) is 5.03. The first-order valence-electron chi connectivity index (χ1n) is 14.7. The first-order chi connectivity index (χ1) is 20.8. The maximum absolute atomic E-state index is 14.3. The average Bonchev–Trinajstić information content (AvgIpc) is 3.01. The summed E-state index contributed by atoms with van der Waals surface area (Å²) in [5, 5.41) is 18.2. The van der Waals surface area contributed by atoms with Crippen molar-refractivity contribution in [2.75, 3.05) is 60.2 Å². The number of anilines is 5. The number of carbonyl (C=O) groups is 2. The minimum absolute atomic E-state index is 0.0227. The number of unbranched alkanes of at least 4 members (excludes halogenated alkanes) is 1. The van der Waals surface area contributed by atoms with Crippen molar-refractivity contribution in [3.8, 4) is 0 Å². The van der Waals surface area contributed by atoms with E-state index in [9.17, 15) is 14.0 Å². The maximum atomic E-state index is 14.3. The van der Waals surface area contributed by atoms with E-state index in [0.29, 0.717) is 50.4 Å². The Balaban J connectivity index is 1.46. The number of aliphatic hydroxyl groups is 1. The van der Waals surface area contributed by atoms with Crippen molar-refractivity contribution >= 4 is 52.2 Å². The highest BCUT2D eigenvalue weighted by Gasteiger charge is 2.21.